The highest BCUT2D eigenvalue weighted by molar-refractivity contribution is 5.83. The Labute approximate surface area is 138 Å². The number of likely N-dealkylation sites (N-methyl/N-ethyl adjacent to an activating group) is 1. The van der Waals surface area contributed by atoms with Crippen LogP contribution in [0.3, 0.4) is 0 Å². The number of hydrogen-bond donors (Lipinski definition) is 0. The van der Waals surface area contributed by atoms with Crippen molar-refractivity contribution in [2.45, 2.75) is 24.8 Å². The molecule has 0 atom stereocenters. The Hall–Kier alpha value is -1.34. The number of cyclic esters (lactones) is 1. The molecule has 1 spiro atoms. The molecule has 2 amide bonds. The van der Waals surface area contributed by atoms with Gasteiger partial charge >= 0.3 is 6.09 Å². The maximum absolute atomic E-state index is 12.7. The summed E-state index contributed by atoms with van der Waals surface area (Å²) in [6.45, 7) is 5.80. The van der Waals surface area contributed by atoms with Gasteiger partial charge in [-0.1, -0.05) is 0 Å². The Morgan fingerprint density at radius 2 is 1.87 bits per heavy atom. The van der Waals surface area contributed by atoms with Gasteiger partial charge in [0, 0.05) is 25.2 Å². The topological polar surface area (TPSA) is 56.3 Å². The van der Waals surface area contributed by atoms with Gasteiger partial charge < -0.3 is 14.5 Å². The highest BCUT2D eigenvalue weighted by atomic mass is 16.6. The maximum atomic E-state index is 12.7. The van der Waals surface area contributed by atoms with Gasteiger partial charge in [0.1, 0.15) is 13.2 Å². The number of hydrogen-bond acceptors (Lipinski definition) is 5. The zero-order valence-corrected chi connectivity index (χ0v) is 14.3. The fraction of sp³-hybridized carbons (Fsp3) is 0.875. The number of rotatable bonds is 2. The van der Waals surface area contributed by atoms with E-state index in [1.54, 1.807) is 0 Å². The van der Waals surface area contributed by atoms with Crippen molar-refractivity contribution in [3.63, 3.8) is 0 Å². The summed E-state index contributed by atoms with van der Waals surface area (Å²) in [5.41, 5.74) is 0.0875. The number of nitrogens with zero attached hydrogens (tertiary/aromatic N) is 4. The largest absolute Gasteiger partial charge is 0.448 e. The molecule has 0 aromatic heterocycles. The summed E-state index contributed by atoms with van der Waals surface area (Å²) in [5, 5.41) is 0. The second kappa shape index (κ2) is 6.65. The molecule has 3 heterocycles. The summed E-state index contributed by atoms with van der Waals surface area (Å²) in [6, 6.07) is 0. The van der Waals surface area contributed by atoms with Crippen molar-refractivity contribution in [2.24, 2.45) is 0 Å². The Morgan fingerprint density at radius 1 is 1.13 bits per heavy atom. The predicted octanol–water partition coefficient (Wildman–Crippen LogP) is 0.0671. The van der Waals surface area contributed by atoms with Crippen molar-refractivity contribution in [3.8, 4) is 0 Å². The molecule has 130 valence electrons. The van der Waals surface area contributed by atoms with Crippen molar-refractivity contribution < 1.29 is 14.3 Å². The third kappa shape index (κ3) is 3.45. The first-order valence-electron chi connectivity index (χ1n) is 8.59. The Balaban J connectivity index is 1.67. The summed E-state index contributed by atoms with van der Waals surface area (Å²) in [5.74, 6) is 0.0532. The van der Waals surface area contributed by atoms with Gasteiger partial charge in [0.25, 0.3) is 0 Å². The molecule has 23 heavy (non-hydrogen) atoms. The maximum Gasteiger partial charge on any atom is 0.410 e. The highest BCUT2D eigenvalue weighted by Gasteiger charge is 2.41. The molecule has 0 bridgehead atoms. The lowest BCUT2D eigenvalue weighted by atomic mass is 9.85. The first-order chi connectivity index (χ1) is 11.0. The smallest absolute Gasteiger partial charge is 0.410 e. The van der Waals surface area contributed by atoms with E-state index in [4.69, 9.17) is 4.74 Å². The molecule has 0 aromatic rings. The van der Waals surface area contributed by atoms with Gasteiger partial charge in [-0.05, 0) is 46.4 Å². The quantitative estimate of drug-likeness (QED) is 0.719. The van der Waals surface area contributed by atoms with Gasteiger partial charge in [-0.2, -0.15) is 0 Å². The molecule has 0 N–H and O–H groups in total. The zero-order chi connectivity index (χ0) is 16.4. The third-order valence-corrected chi connectivity index (χ3v) is 5.66. The van der Waals surface area contributed by atoms with E-state index in [0.717, 1.165) is 52.0 Å². The van der Waals surface area contributed by atoms with Crippen LogP contribution in [0, 0.1) is 0 Å². The van der Waals surface area contributed by atoms with E-state index >= 15 is 0 Å². The lowest BCUT2D eigenvalue weighted by Gasteiger charge is -2.47. The first-order valence-corrected chi connectivity index (χ1v) is 8.59. The number of likely N-dealkylation sites (tertiary alicyclic amines) is 1. The fourth-order valence-corrected chi connectivity index (χ4v) is 3.91. The van der Waals surface area contributed by atoms with E-state index < -0.39 is 0 Å². The van der Waals surface area contributed by atoms with Crippen LogP contribution in [0.4, 0.5) is 4.79 Å². The van der Waals surface area contributed by atoms with Crippen molar-refractivity contribution >= 4 is 12.0 Å². The summed E-state index contributed by atoms with van der Waals surface area (Å²) >= 11 is 0. The minimum Gasteiger partial charge on any atom is -0.448 e. The van der Waals surface area contributed by atoms with Crippen LogP contribution in [0.5, 0.6) is 0 Å². The molecule has 3 saturated heterocycles. The summed E-state index contributed by atoms with van der Waals surface area (Å²) in [4.78, 5) is 32.6. The lowest BCUT2D eigenvalue weighted by Crippen LogP contribution is -2.58. The zero-order valence-electron chi connectivity index (χ0n) is 14.3. The van der Waals surface area contributed by atoms with Gasteiger partial charge in [0.05, 0.1) is 6.54 Å². The minimum atomic E-state index is -0.362. The average Bonchev–Trinajstić information content (AvgIpc) is 2.85. The van der Waals surface area contributed by atoms with Crippen LogP contribution in [-0.2, 0) is 9.53 Å². The number of carbonyl (C=O) groups excluding carboxylic acids is 2. The van der Waals surface area contributed by atoms with Gasteiger partial charge in [-0.25, -0.2) is 4.79 Å². The number of piperidine rings is 1. The van der Waals surface area contributed by atoms with Crippen molar-refractivity contribution in [1.29, 1.82) is 0 Å². The van der Waals surface area contributed by atoms with Crippen molar-refractivity contribution in [3.05, 3.63) is 0 Å². The van der Waals surface area contributed by atoms with Gasteiger partial charge in [-0.3, -0.25) is 14.6 Å². The van der Waals surface area contributed by atoms with E-state index in [9.17, 15) is 9.59 Å². The summed E-state index contributed by atoms with van der Waals surface area (Å²) in [7, 11) is 4.35. The normalized spacial score (nSPS) is 26.4. The standard InChI is InChI=1S/C16H28N4O3/c1-17-8-4-16(5-9-17)13-20(7-3-6-18(16)2)14(21)12-19-10-11-23-15(19)22/h3-13H2,1-2H3. The predicted molar refractivity (Wildman–Crippen MR) is 86.2 cm³/mol. The third-order valence-electron chi connectivity index (χ3n) is 5.66. The lowest BCUT2D eigenvalue weighted by molar-refractivity contribution is -0.133. The molecule has 7 nitrogen and oxygen atoms in total. The molecule has 0 saturated carbocycles. The molecular weight excluding hydrogens is 296 g/mol. The van der Waals surface area contributed by atoms with Crippen LogP contribution in [0.2, 0.25) is 0 Å². The molecule has 0 unspecified atom stereocenters. The van der Waals surface area contributed by atoms with Crippen LogP contribution in [0.1, 0.15) is 19.3 Å². The SMILES string of the molecule is CN1CCC2(CC1)CN(C(=O)CN1CCOC1=O)CCCN2C. The van der Waals surface area contributed by atoms with Crippen LogP contribution in [-0.4, -0.2) is 104 Å². The first kappa shape index (κ1) is 16.5. The monoisotopic (exact) mass is 324 g/mol. The van der Waals surface area contributed by atoms with E-state index in [1.165, 1.54) is 4.90 Å². The molecule has 0 aromatic carbocycles. The van der Waals surface area contributed by atoms with Crippen LogP contribution in [0.15, 0.2) is 0 Å². The fourth-order valence-electron chi connectivity index (χ4n) is 3.91. The summed E-state index contributed by atoms with van der Waals surface area (Å²) in [6.07, 6.45) is 2.81. The molecule has 0 aliphatic carbocycles. The molecule has 3 aliphatic rings. The van der Waals surface area contributed by atoms with Crippen molar-refractivity contribution in [2.75, 3.05) is 66.5 Å². The summed E-state index contributed by atoms with van der Waals surface area (Å²) < 4.78 is 4.92. The van der Waals surface area contributed by atoms with E-state index in [0.29, 0.717) is 13.2 Å². The average molecular weight is 324 g/mol. The van der Waals surface area contributed by atoms with Gasteiger partial charge in [-0.15, -0.1) is 0 Å². The second-order valence-electron chi connectivity index (χ2n) is 7.15. The Morgan fingerprint density at radius 3 is 2.52 bits per heavy atom. The van der Waals surface area contributed by atoms with Crippen LogP contribution < -0.4 is 0 Å². The van der Waals surface area contributed by atoms with E-state index in [2.05, 4.69) is 23.9 Å². The number of amides is 2. The molecule has 3 rings (SSSR count). The molecule has 3 fully saturated rings. The Kier molecular flexibility index (Phi) is 4.77. The van der Waals surface area contributed by atoms with Crippen LogP contribution in [0.25, 0.3) is 0 Å². The van der Waals surface area contributed by atoms with Crippen LogP contribution >= 0.6 is 0 Å². The number of ether oxygens (including phenoxy) is 1. The van der Waals surface area contributed by atoms with Gasteiger partial charge in [0.2, 0.25) is 5.91 Å². The number of carbonyl (C=O) groups is 2. The highest BCUT2D eigenvalue weighted by Crippen LogP contribution is 2.31. The second-order valence-corrected chi connectivity index (χ2v) is 7.15. The molecule has 7 heteroatoms. The Bertz CT molecular complexity index is 462. The van der Waals surface area contributed by atoms with E-state index in [1.807, 2.05) is 4.90 Å². The molecule has 0 radical (unpaired) electrons. The minimum absolute atomic E-state index is 0.0532. The van der Waals surface area contributed by atoms with Crippen molar-refractivity contribution in [1.82, 2.24) is 19.6 Å². The van der Waals surface area contributed by atoms with Gasteiger partial charge in [0.15, 0.2) is 0 Å². The molecular formula is C16H28N4O3. The van der Waals surface area contributed by atoms with E-state index in [-0.39, 0.29) is 24.1 Å². The molecule has 3 aliphatic heterocycles.